The minimum Gasteiger partial charge on any atom is -0.481 e. The summed E-state index contributed by atoms with van der Waals surface area (Å²) < 4.78 is 0. The van der Waals surface area contributed by atoms with Crippen molar-refractivity contribution in [1.82, 2.24) is 10.2 Å². The average molecular weight is 298 g/mol. The van der Waals surface area contributed by atoms with Crippen LogP contribution < -0.4 is 5.32 Å². The zero-order chi connectivity index (χ0) is 15.9. The van der Waals surface area contributed by atoms with E-state index in [4.69, 9.17) is 0 Å². The zero-order valence-corrected chi connectivity index (χ0v) is 13.7. The molecule has 0 aromatic carbocycles. The Bertz CT molecular complexity index is 347. The third kappa shape index (κ3) is 4.99. The van der Waals surface area contributed by atoms with Crippen LogP contribution in [-0.2, 0) is 9.59 Å². The van der Waals surface area contributed by atoms with Gasteiger partial charge in [-0.25, -0.2) is 0 Å². The summed E-state index contributed by atoms with van der Waals surface area (Å²) in [7, 11) is 2.10. The van der Waals surface area contributed by atoms with Crippen LogP contribution in [0.25, 0.3) is 0 Å². The van der Waals surface area contributed by atoms with Crippen LogP contribution in [0.3, 0.4) is 0 Å². The Morgan fingerprint density at radius 2 is 1.81 bits per heavy atom. The van der Waals surface area contributed by atoms with Gasteiger partial charge in [-0.05, 0) is 32.7 Å². The van der Waals surface area contributed by atoms with Crippen molar-refractivity contribution in [2.45, 2.75) is 64.8 Å². The van der Waals surface area contributed by atoms with Crippen molar-refractivity contribution in [3.63, 3.8) is 0 Å². The lowest BCUT2D eigenvalue weighted by molar-refractivity contribution is -0.152. The number of aliphatic carboxylic acids is 1. The van der Waals surface area contributed by atoms with Crippen molar-refractivity contribution in [2.24, 2.45) is 5.41 Å². The second-order valence-corrected chi connectivity index (χ2v) is 6.24. The summed E-state index contributed by atoms with van der Waals surface area (Å²) in [5.74, 6) is -1.02. The first-order valence-corrected chi connectivity index (χ1v) is 8.15. The van der Waals surface area contributed by atoms with Crippen LogP contribution in [0.5, 0.6) is 0 Å². The Kier molecular flexibility index (Phi) is 7.15. The molecule has 1 aliphatic rings. The number of carbonyl (C=O) groups is 2. The van der Waals surface area contributed by atoms with Gasteiger partial charge in [-0.2, -0.15) is 0 Å². The molecule has 5 heteroatoms. The molecule has 0 radical (unpaired) electrons. The molecule has 0 aliphatic heterocycles. The molecule has 2 N–H and O–H groups in total. The maximum absolute atomic E-state index is 12.0. The van der Waals surface area contributed by atoms with E-state index < -0.39 is 11.4 Å². The predicted octanol–water partition coefficient (Wildman–Crippen LogP) is 2.26. The van der Waals surface area contributed by atoms with Crippen molar-refractivity contribution in [3.05, 3.63) is 0 Å². The first kappa shape index (κ1) is 18.0. The molecule has 1 aliphatic carbocycles. The highest BCUT2D eigenvalue weighted by molar-refractivity contribution is 5.84. The molecule has 21 heavy (non-hydrogen) atoms. The summed E-state index contributed by atoms with van der Waals surface area (Å²) in [6, 6.07) is 0.645. The van der Waals surface area contributed by atoms with Gasteiger partial charge in [0, 0.05) is 25.6 Å². The van der Waals surface area contributed by atoms with Gasteiger partial charge >= 0.3 is 5.97 Å². The first-order chi connectivity index (χ1) is 9.95. The molecule has 122 valence electrons. The second-order valence-electron chi connectivity index (χ2n) is 6.24. The van der Waals surface area contributed by atoms with E-state index in [1.165, 1.54) is 25.7 Å². The van der Waals surface area contributed by atoms with E-state index in [1.807, 2.05) is 13.8 Å². The molecule has 1 fully saturated rings. The lowest BCUT2D eigenvalue weighted by Crippen LogP contribution is -2.40. The Balaban J connectivity index is 2.34. The fourth-order valence-corrected chi connectivity index (χ4v) is 3.15. The van der Waals surface area contributed by atoms with Crippen molar-refractivity contribution in [3.8, 4) is 0 Å². The van der Waals surface area contributed by atoms with Crippen LogP contribution in [0, 0.1) is 5.41 Å². The fraction of sp³-hybridized carbons (Fsp3) is 0.875. The SMILES string of the molecule is CCC(CC)(CC(=O)NCCN(C)C1CCCC1)C(=O)O. The quantitative estimate of drug-likeness (QED) is 0.685. The van der Waals surface area contributed by atoms with E-state index in [-0.39, 0.29) is 12.3 Å². The number of hydrogen-bond acceptors (Lipinski definition) is 3. The predicted molar refractivity (Wildman–Crippen MR) is 83.2 cm³/mol. The van der Waals surface area contributed by atoms with E-state index in [1.54, 1.807) is 0 Å². The van der Waals surface area contributed by atoms with E-state index in [2.05, 4.69) is 17.3 Å². The molecule has 0 aromatic rings. The number of carboxylic acids is 1. The van der Waals surface area contributed by atoms with Gasteiger partial charge in [0.15, 0.2) is 0 Å². The normalized spacial score (nSPS) is 16.4. The molecule has 1 saturated carbocycles. The van der Waals surface area contributed by atoms with E-state index >= 15 is 0 Å². The molecule has 0 saturated heterocycles. The number of hydrogen-bond donors (Lipinski definition) is 2. The maximum Gasteiger partial charge on any atom is 0.310 e. The molecule has 0 unspecified atom stereocenters. The Morgan fingerprint density at radius 1 is 1.24 bits per heavy atom. The number of carbonyl (C=O) groups excluding carboxylic acids is 1. The van der Waals surface area contributed by atoms with Crippen LogP contribution in [-0.4, -0.2) is 48.1 Å². The van der Waals surface area contributed by atoms with Gasteiger partial charge in [0.05, 0.1) is 5.41 Å². The average Bonchev–Trinajstić information content (AvgIpc) is 2.98. The molecule has 0 bridgehead atoms. The van der Waals surface area contributed by atoms with Crippen molar-refractivity contribution in [1.29, 1.82) is 0 Å². The molecule has 1 amide bonds. The van der Waals surface area contributed by atoms with Crippen LogP contribution in [0.2, 0.25) is 0 Å². The van der Waals surface area contributed by atoms with Crippen LogP contribution in [0.15, 0.2) is 0 Å². The van der Waals surface area contributed by atoms with Crippen LogP contribution >= 0.6 is 0 Å². The highest BCUT2D eigenvalue weighted by Crippen LogP contribution is 2.30. The van der Waals surface area contributed by atoms with E-state index in [0.29, 0.717) is 25.4 Å². The van der Waals surface area contributed by atoms with E-state index in [0.717, 1.165) is 6.54 Å². The van der Waals surface area contributed by atoms with Crippen molar-refractivity contribution in [2.75, 3.05) is 20.1 Å². The number of amides is 1. The van der Waals surface area contributed by atoms with Gasteiger partial charge < -0.3 is 15.3 Å². The van der Waals surface area contributed by atoms with Crippen molar-refractivity contribution < 1.29 is 14.7 Å². The van der Waals surface area contributed by atoms with Gasteiger partial charge in [0.25, 0.3) is 0 Å². The molecule has 0 atom stereocenters. The van der Waals surface area contributed by atoms with Crippen LogP contribution in [0.4, 0.5) is 0 Å². The minimum atomic E-state index is -0.915. The summed E-state index contributed by atoms with van der Waals surface area (Å²) >= 11 is 0. The summed E-state index contributed by atoms with van der Waals surface area (Å²) in [6.45, 7) is 5.08. The summed E-state index contributed by atoms with van der Waals surface area (Å²) in [5.41, 5.74) is -0.915. The van der Waals surface area contributed by atoms with Gasteiger partial charge in [-0.1, -0.05) is 26.7 Å². The highest BCUT2D eigenvalue weighted by Gasteiger charge is 2.37. The standard InChI is InChI=1S/C16H30N2O3/c1-4-16(5-2,15(20)21)12-14(19)17-10-11-18(3)13-8-6-7-9-13/h13H,4-12H2,1-3H3,(H,17,19)(H,20,21). The number of nitrogens with one attached hydrogen (secondary N) is 1. The van der Waals surface area contributed by atoms with Gasteiger partial charge in [-0.3, -0.25) is 9.59 Å². The lowest BCUT2D eigenvalue weighted by atomic mass is 9.79. The Labute approximate surface area is 128 Å². The highest BCUT2D eigenvalue weighted by atomic mass is 16.4. The van der Waals surface area contributed by atoms with Gasteiger partial charge in [0.1, 0.15) is 0 Å². The Hall–Kier alpha value is -1.10. The largest absolute Gasteiger partial charge is 0.481 e. The summed E-state index contributed by atoms with van der Waals surface area (Å²) in [6.07, 6.45) is 6.13. The zero-order valence-electron chi connectivity index (χ0n) is 13.7. The lowest BCUT2D eigenvalue weighted by Gasteiger charge is -2.27. The van der Waals surface area contributed by atoms with Gasteiger partial charge in [-0.15, -0.1) is 0 Å². The molecule has 0 spiro atoms. The number of rotatable bonds is 9. The number of nitrogens with zero attached hydrogens (tertiary/aromatic N) is 1. The summed E-state index contributed by atoms with van der Waals surface area (Å²) in [5, 5.41) is 12.2. The second kappa shape index (κ2) is 8.37. The van der Waals surface area contributed by atoms with Crippen LogP contribution in [0.1, 0.15) is 58.8 Å². The Morgan fingerprint density at radius 3 is 2.29 bits per heavy atom. The van der Waals surface area contributed by atoms with Crippen molar-refractivity contribution >= 4 is 11.9 Å². The topological polar surface area (TPSA) is 69.6 Å². The number of likely N-dealkylation sites (N-methyl/N-ethyl adjacent to an activating group) is 1. The number of carboxylic acid groups (broad SMARTS) is 1. The molecular weight excluding hydrogens is 268 g/mol. The first-order valence-electron chi connectivity index (χ1n) is 8.15. The maximum atomic E-state index is 12.0. The fourth-order valence-electron chi connectivity index (χ4n) is 3.15. The van der Waals surface area contributed by atoms with Gasteiger partial charge in [0.2, 0.25) is 5.91 Å². The molecule has 1 rings (SSSR count). The third-order valence-corrected chi connectivity index (χ3v) is 5.04. The third-order valence-electron chi connectivity index (χ3n) is 5.04. The summed E-state index contributed by atoms with van der Waals surface area (Å²) in [4.78, 5) is 25.7. The molecule has 0 heterocycles. The molecular formula is C16H30N2O3. The molecule has 5 nitrogen and oxygen atoms in total. The van der Waals surface area contributed by atoms with E-state index in [9.17, 15) is 14.7 Å². The monoisotopic (exact) mass is 298 g/mol. The minimum absolute atomic E-state index is 0.0719. The molecule has 0 aromatic heterocycles. The smallest absolute Gasteiger partial charge is 0.310 e.